The summed E-state index contributed by atoms with van der Waals surface area (Å²) >= 11 is 0. The maximum absolute atomic E-state index is 12.7. The summed E-state index contributed by atoms with van der Waals surface area (Å²) in [6.45, 7) is 2.86. The molecule has 0 unspecified atom stereocenters. The molecule has 1 aromatic heterocycles. The highest BCUT2D eigenvalue weighted by molar-refractivity contribution is 5.94. The van der Waals surface area contributed by atoms with E-state index in [1.54, 1.807) is 13.2 Å². The second-order valence-electron chi connectivity index (χ2n) is 6.52. The van der Waals surface area contributed by atoms with Gasteiger partial charge >= 0.3 is 0 Å². The minimum Gasteiger partial charge on any atom is -0.497 e. The van der Waals surface area contributed by atoms with Gasteiger partial charge in [-0.3, -0.25) is 9.89 Å². The molecule has 1 N–H and O–H groups in total. The van der Waals surface area contributed by atoms with Crippen LogP contribution in [-0.2, 0) is 0 Å². The van der Waals surface area contributed by atoms with Crippen molar-refractivity contribution >= 4 is 11.7 Å². The van der Waals surface area contributed by atoms with Gasteiger partial charge in [-0.2, -0.15) is 5.10 Å². The van der Waals surface area contributed by atoms with Crippen LogP contribution in [0.25, 0.3) is 11.3 Å². The third kappa shape index (κ3) is 3.65. The predicted molar refractivity (Wildman–Crippen MR) is 105 cm³/mol. The average molecular weight is 362 g/mol. The largest absolute Gasteiger partial charge is 0.497 e. The Labute approximate surface area is 158 Å². The number of aromatic amines is 1. The molecular formula is C21H22N4O2. The first-order chi connectivity index (χ1) is 13.2. The molecule has 6 heteroatoms. The number of hydrogen-bond donors (Lipinski definition) is 1. The molecule has 1 amide bonds. The van der Waals surface area contributed by atoms with Gasteiger partial charge in [0.05, 0.1) is 12.8 Å². The van der Waals surface area contributed by atoms with Crippen LogP contribution in [0.15, 0.2) is 60.7 Å². The molecule has 0 atom stereocenters. The molecule has 4 rings (SSSR count). The van der Waals surface area contributed by atoms with E-state index in [1.165, 1.54) is 0 Å². The van der Waals surface area contributed by atoms with Crippen LogP contribution in [0.2, 0.25) is 0 Å². The lowest BCUT2D eigenvalue weighted by molar-refractivity contribution is 0.0746. The van der Waals surface area contributed by atoms with E-state index >= 15 is 0 Å². The minimum atomic E-state index is 0.0422. The molecular weight excluding hydrogens is 340 g/mol. The van der Waals surface area contributed by atoms with Gasteiger partial charge in [-0.15, -0.1) is 0 Å². The first-order valence-corrected chi connectivity index (χ1v) is 9.04. The second kappa shape index (κ2) is 7.53. The Morgan fingerprint density at radius 3 is 2.52 bits per heavy atom. The van der Waals surface area contributed by atoms with Crippen molar-refractivity contribution in [2.75, 3.05) is 38.2 Å². The molecule has 0 saturated carbocycles. The van der Waals surface area contributed by atoms with Crippen molar-refractivity contribution in [3.8, 4) is 17.0 Å². The number of nitrogens with one attached hydrogen (secondary N) is 1. The van der Waals surface area contributed by atoms with Crippen LogP contribution >= 0.6 is 0 Å². The van der Waals surface area contributed by atoms with Crippen molar-refractivity contribution in [2.24, 2.45) is 0 Å². The zero-order chi connectivity index (χ0) is 18.6. The molecule has 6 nitrogen and oxygen atoms in total. The average Bonchev–Trinajstić information content (AvgIpc) is 3.24. The molecule has 0 bridgehead atoms. The van der Waals surface area contributed by atoms with Gasteiger partial charge < -0.3 is 14.5 Å². The number of ether oxygens (including phenoxy) is 1. The van der Waals surface area contributed by atoms with Crippen molar-refractivity contribution in [1.82, 2.24) is 15.1 Å². The summed E-state index contributed by atoms with van der Waals surface area (Å²) in [5.41, 5.74) is 2.78. The lowest BCUT2D eigenvalue weighted by Crippen LogP contribution is -2.48. The normalized spacial score (nSPS) is 14.3. The Morgan fingerprint density at radius 2 is 1.78 bits per heavy atom. The van der Waals surface area contributed by atoms with Crippen molar-refractivity contribution in [3.05, 3.63) is 66.2 Å². The van der Waals surface area contributed by atoms with Gasteiger partial charge in [-0.1, -0.05) is 36.4 Å². The SMILES string of the molecule is COc1cccc(C(=O)N2CCN(c3cc(-c4ccccc4)[nH]n3)CC2)c1. The van der Waals surface area contributed by atoms with Crippen LogP contribution in [0, 0.1) is 0 Å². The van der Waals surface area contributed by atoms with E-state index < -0.39 is 0 Å². The number of hydrogen-bond acceptors (Lipinski definition) is 4. The molecule has 1 saturated heterocycles. The number of carbonyl (C=O) groups is 1. The van der Waals surface area contributed by atoms with Gasteiger partial charge in [0.15, 0.2) is 5.82 Å². The number of aromatic nitrogens is 2. The molecule has 2 aromatic carbocycles. The van der Waals surface area contributed by atoms with Gasteiger partial charge in [-0.25, -0.2) is 0 Å². The molecule has 2 heterocycles. The summed E-state index contributed by atoms with van der Waals surface area (Å²) in [7, 11) is 1.61. The number of rotatable bonds is 4. The summed E-state index contributed by atoms with van der Waals surface area (Å²) in [5.74, 6) is 1.66. The molecule has 1 fully saturated rings. The van der Waals surface area contributed by atoms with Gasteiger partial charge in [0, 0.05) is 37.8 Å². The number of anilines is 1. The summed E-state index contributed by atoms with van der Waals surface area (Å²) in [5, 5.41) is 7.55. The maximum atomic E-state index is 12.7. The number of amides is 1. The smallest absolute Gasteiger partial charge is 0.254 e. The summed E-state index contributed by atoms with van der Waals surface area (Å²) in [4.78, 5) is 16.8. The third-order valence-electron chi connectivity index (χ3n) is 4.86. The Hall–Kier alpha value is -3.28. The molecule has 27 heavy (non-hydrogen) atoms. The van der Waals surface area contributed by atoms with Gasteiger partial charge in [0.25, 0.3) is 5.91 Å². The van der Waals surface area contributed by atoms with Crippen LogP contribution in [-0.4, -0.2) is 54.3 Å². The van der Waals surface area contributed by atoms with Gasteiger partial charge in [0.2, 0.25) is 0 Å². The zero-order valence-corrected chi connectivity index (χ0v) is 15.3. The zero-order valence-electron chi connectivity index (χ0n) is 15.3. The van der Waals surface area contributed by atoms with Crippen LogP contribution < -0.4 is 9.64 Å². The monoisotopic (exact) mass is 362 g/mol. The van der Waals surface area contributed by atoms with Gasteiger partial charge in [-0.05, 0) is 23.8 Å². The van der Waals surface area contributed by atoms with E-state index in [0.29, 0.717) is 24.4 Å². The highest BCUT2D eigenvalue weighted by atomic mass is 16.5. The topological polar surface area (TPSA) is 61.5 Å². The van der Waals surface area contributed by atoms with Gasteiger partial charge in [0.1, 0.15) is 5.75 Å². The first-order valence-electron chi connectivity index (χ1n) is 9.04. The van der Waals surface area contributed by atoms with E-state index in [9.17, 15) is 4.79 Å². The number of benzene rings is 2. The molecule has 1 aliphatic heterocycles. The van der Waals surface area contributed by atoms with E-state index in [-0.39, 0.29) is 5.91 Å². The van der Waals surface area contributed by atoms with Crippen LogP contribution in [0.5, 0.6) is 5.75 Å². The Bertz CT molecular complexity index is 915. The molecule has 1 aliphatic rings. The van der Waals surface area contributed by atoms with Crippen molar-refractivity contribution in [2.45, 2.75) is 0 Å². The molecule has 138 valence electrons. The van der Waals surface area contributed by atoms with Crippen LogP contribution in [0.4, 0.5) is 5.82 Å². The fraction of sp³-hybridized carbons (Fsp3) is 0.238. The highest BCUT2D eigenvalue weighted by Gasteiger charge is 2.23. The number of H-pyrrole nitrogens is 1. The van der Waals surface area contributed by atoms with E-state index in [2.05, 4.69) is 33.3 Å². The first kappa shape index (κ1) is 17.1. The molecule has 0 aliphatic carbocycles. The number of methoxy groups -OCH3 is 1. The Kier molecular flexibility index (Phi) is 4.78. The molecule has 3 aromatic rings. The lowest BCUT2D eigenvalue weighted by Gasteiger charge is -2.34. The number of piperazine rings is 1. The van der Waals surface area contributed by atoms with Crippen molar-refractivity contribution in [1.29, 1.82) is 0 Å². The predicted octanol–water partition coefficient (Wildman–Crippen LogP) is 3.05. The summed E-state index contributed by atoms with van der Waals surface area (Å²) in [6.07, 6.45) is 0. The Morgan fingerprint density at radius 1 is 1.00 bits per heavy atom. The number of nitrogens with zero attached hydrogens (tertiary/aromatic N) is 3. The molecule has 0 spiro atoms. The Balaban J connectivity index is 1.40. The van der Waals surface area contributed by atoms with Crippen LogP contribution in [0.1, 0.15) is 10.4 Å². The van der Waals surface area contributed by atoms with E-state index in [4.69, 9.17) is 4.74 Å². The minimum absolute atomic E-state index is 0.0422. The second-order valence-corrected chi connectivity index (χ2v) is 6.52. The van der Waals surface area contributed by atoms with Crippen molar-refractivity contribution < 1.29 is 9.53 Å². The highest BCUT2D eigenvalue weighted by Crippen LogP contribution is 2.23. The maximum Gasteiger partial charge on any atom is 0.254 e. The lowest BCUT2D eigenvalue weighted by atomic mass is 10.1. The fourth-order valence-corrected chi connectivity index (χ4v) is 3.32. The number of carbonyl (C=O) groups excluding carboxylic acids is 1. The standard InChI is InChI=1S/C21H22N4O2/c1-27-18-9-5-8-17(14-18)21(26)25-12-10-24(11-13-25)20-15-19(22-23-20)16-6-3-2-4-7-16/h2-9,14-15H,10-13H2,1H3,(H,22,23). The summed E-state index contributed by atoms with van der Waals surface area (Å²) in [6, 6.07) is 19.5. The summed E-state index contributed by atoms with van der Waals surface area (Å²) < 4.78 is 5.22. The quantitative estimate of drug-likeness (QED) is 0.775. The third-order valence-corrected chi connectivity index (χ3v) is 4.86. The molecule has 0 radical (unpaired) electrons. The van der Waals surface area contributed by atoms with Crippen LogP contribution in [0.3, 0.4) is 0 Å². The van der Waals surface area contributed by atoms with E-state index in [0.717, 1.165) is 30.2 Å². The van der Waals surface area contributed by atoms with Crippen molar-refractivity contribution in [3.63, 3.8) is 0 Å². The van der Waals surface area contributed by atoms with E-state index in [1.807, 2.05) is 41.3 Å². The fourth-order valence-electron chi connectivity index (χ4n) is 3.32.